The topological polar surface area (TPSA) is 69.7 Å². The molecule has 0 radical (unpaired) electrons. The van der Waals surface area contributed by atoms with Gasteiger partial charge in [0, 0.05) is 0 Å². The summed E-state index contributed by atoms with van der Waals surface area (Å²) in [7, 11) is -2.39. The third kappa shape index (κ3) is 4.58. The van der Waals surface area contributed by atoms with Crippen LogP contribution < -0.4 is 4.74 Å². The maximum Gasteiger partial charge on any atom is 0.338 e. The Labute approximate surface area is 164 Å². The first-order chi connectivity index (χ1) is 13.4. The minimum Gasteiger partial charge on any atom is -0.465 e. The number of ether oxygens (including phenoxy) is 2. The van der Waals surface area contributed by atoms with E-state index in [0.29, 0.717) is 17.1 Å². The highest BCUT2D eigenvalue weighted by Gasteiger charge is 2.21. The van der Waals surface area contributed by atoms with E-state index in [1.165, 1.54) is 13.2 Å². The first kappa shape index (κ1) is 19.6. The summed E-state index contributed by atoms with van der Waals surface area (Å²) in [6.07, 6.45) is 0. The normalized spacial score (nSPS) is 11.1. The second-order valence-electron chi connectivity index (χ2n) is 6.30. The van der Waals surface area contributed by atoms with Crippen molar-refractivity contribution in [1.82, 2.24) is 0 Å². The van der Waals surface area contributed by atoms with Gasteiger partial charge in [0.05, 0.1) is 23.3 Å². The van der Waals surface area contributed by atoms with E-state index in [4.69, 9.17) is 9.47 Å². The van der Waals surface area contributed by atoms with E-state index < -0.39 is 15.8 Å². The van der Waals surface area contributed by atoms with Gasteiger partial charge in [-0.25, -0.2) is 13.2 Å². The van der Waals surface area contributed by atoms with Crippen LogP contribution in [-0.4, -0.2) is 21.5 Å². The third-order valence-electron chi connectivity index (χ3n) is 4.19. The van der Waals surface area contributed by atoms with Crippen LogP contribution in [0.2, 0.25) is 0 Å². The number of para-hydroxylation sites is 1. The smallest absolute Gasteiger partial charge is 0.338 e. The molecule has 0 amide bonds. The molecule has 0 saturated heterocycles. The molecule has 3 rings (SSSR count). The summed E-state index contributed by atoms with van der Waals surface area (Å²) >= 11 is 0. The van der Waals surface area contributed by atoms with E-state index in [9.17, 15) is 13.2 Å². The molecule has 6 heteroatoms. The summed E-state index contributed by atoms with van der Waals surface area (Å²) in [5, 5.41) is 0. The predicted octanol–water partition coefficient (Wildman–Crippen LogP) is 4.55. The standard InChI is InChI=1S/C22H20O5S/c1-16-8-11-20(12-9-16)28(24,25)15-17-14-19(10-13-21(17)22(23)26-2)27-18-6-4-3-5-7-18/h3-14H,15H2,1-2H3. The first-order valence-electron chi connectivity index (χ1n) is 8.62. The summed E-state index contributed by atoms with van der Waals surface area (Å²) in [4.78, 5) is 12.3. The molecule has 0 N–H and O–H groups in total. The van der Waals surface area contributed by atoms with E-state index >= 15 is 0 Å². The maximum atomic E-state index is 12.9. The highest BCUT2D eigenvalue weighted by molar-refractivity contribution is 7.90. The number of sulfone groups is 1. The van der Waals surface area contributed by atoms with Gasteiger partial charge in [0.1, 0.15) is 11.5 Å². The molecule has 0 atom stereocenters. The Morgan fingerprint density at radius 1 is 0.893 bits per heavy atom. The summed E-state index contributed by atoms with van der Waals surface area (Å²) < 4.78 is 36.3. The molecule has 3 aromatic rings. The van der Waals surface area contributed by atoms with Gasteiger partial charge in [-0.05, 0) is 55.0 Å². The van der Waals surface area contributed by atoms with Crippen molar-refractivity contribution < 1.29 is 22.7 Å². The molecule has 0 spiro atoms. The van der Waals surface area contributed by atoms with Gasteiger partial charge >= 0.3 is 5.97 Å². The average Bonchev–Trinajstić information content (AvgIpc) is 2.68. The fraction of sp³-hybridized carbons (Fsp3) is 0.136. The Bertz CT molecular complexity index is 1070. The van der Waals surface area contributed by atoms with Crippen molar-refractivity contribution in [2.75, 3.05) is 7.11 Å². The minimum atomic E-state index is -3.65. The lowest BCUT2D eigenvalue weighted by Crippen LogP contribution is -2.11. The van der Waals surface area contributed by atoms with Gasteiger partial charge in [0.25, 0.3) is 0 Å². The molecule has 0 unspecified atom stereocenters. The van der Waals surface area contributed by atoms with Crippen LogP contribution in [0.15, 0.2) is 77.7 Å². The second-order valence-corrected chi connectivity index (χ2v) is 8.29. The van der Waals surface area contributed by atoms with Crippen LogP contribution in [0.25, 0.3) is 0 Å². The molecule has 0 fully saturated rings. The fourth-order valence-electron chi connectivity index (χ4n) is 2.72. The number of hydrogen-bond donors (Lipinski definition) is 0. The minimum absolute atomic E-state index is 0.193. The molecule has 0 bridgehead atoms. The molecule has 0 saturated carbocycles. The van der Waals surface area contributed by atoms with Crippen molar-refractivity contribution in [2.24, 2.45) is 0 Å². The Kier molecular flexibility index (Phi) is 5.80. The lowest BCUT2D eigenvalue weighted by atomic mass is 10.1. The molecular formula is C22H20O5S. The lowest BCUT2D eigenvalue weighted by molar-refractivity contribution is 0.0600. The van der Waals surface area contributed by atoms with Gasteiger partial charge in [-0.15, -0.1) is 0 Å². The molecule has 0 aliphatic heterocycles. The molecule has 0 aromatic heterocycles. The molecule has 0 aliphatic carbocycles. The van der Waals surface area contributed by atoms with Crippen molar-refractivity contribution in [1.29, 1.82) is 0 Å². The number of benzene rings is 3. The van der Waals surface area contributed by atoms with Gasteiger partial charge in [-0.3, -0.25) is 0 Å². The van der Waals surface area contributed by atoms with Gasteiger partial charge in [-0.2, -0.15) is 0 Å². The van der Waals surface area contributed by atoms with E-state index in [1.54, 1.807) is 48.5 Å². The van der Waals surface area contributed by atoms with E-state index in [2.05, 4.69) is 0 Å². The number of aryl methyl sites for hydroxylation is 1. The van der Waals surface area contributed by atoms with Gasteiger partial charge in [-0.1, -0.05) is 35.9 Å². The zero-order valence-electron chi connectivity index (χ0n) is 15.6. The average molecular weight is 396 g/mol. The van der Waals surface area contributed by atoms with Gasteiger partial charge in [0.2, 0.25) is 0 Å². The lowest BCUT2D eigenvalue weighted by Gasteiger charge is -2.12. The van der Waals surface area contributed by atoms with Crippen LogP contribution in [0, 0.1) is 6.92 Å². The maximum absolute atomic E-state index is 12.9. The number of carbonyl (C=O) groups excluding carboxylic acids is 1. The molecular weight excluding hydrogens is 376 g/mol. The second kappa shape index (κ2) is 8.27. The predicted molar refractivity (Wildman–Crippen MR) is 106 cm³/mol. The molecule has 0 aliphatic rings. The van der Waals surface area contributed by atoms with Crippen LogP contribution in [0.4, 0.5) is 0 Å². The SMILES string of the molecule is COC(=O)c1ccc(Oc2ccccc2)cc1CS(=O)(=O)c1ccc(C)cc1. The Morgan fingerprint density at radius 2 is 1.57 bits per heavy atom. The van der Waals surface area contributed by atoms with Crippen LogP contribution in [-0.2, 0) is 20.3 Å². The highest BCUT2D eigenvalue weighted by atomic mass is 32.2. The number of rotatable bonds is 6. The number of carbonyl (C=O) groups is 1. The number of methoxy groups -OCH3 is 1. The Balaban J connectivity index is 1.97. The number of hydrogen-bond acceptors (Lipinski definition) is 5. The fourth-order valence-corrected chi connectivity index (χ4v) is 4.09. The molecule has 144 valence electrons. The largest absolute Gasteiger partial charge is 0.465 e. The highest BCUT2D eigenvalue weighted by Crippen LogP contribution is 2.27. The summed E-state index contributed by atoms with van der Waals surface area (Å²) in [5.41, 5.74) is 1.48. The summed E-state index contributed by atoms with van der Waals surface area (Å²) in [6.45, 7) is 1.89. The van der Waals surface area contributed by atoms with Crippen LogP contribution in [0.3, 0.4) is 0 Å². The monoisotopic (exact) mass is 396 g/mol. The van der Waals surface area contributed by atoms with Crippen LogP contribution >= 0.6 is 0 Å². The molecule has 3 aromatic carbocycles. The quantitative estimate of drug-likeness (QED) is 0.572. The van der Waals surface area contributed by atoms with E-state index in [-0.39, 0.29) is 16.2 Å². The summed E-state index contributed by atoms with van der Waals surface area (Å²) in [6, 6.07) is 20.4. The van der Waals surface area contributed by atoms with Crippen LogP contribution in [0.1, 0.15) is 21.5 Å². The van der Waals surface area contributed by atoms with Crippen molar-refractivity contribution >= 4 is 15.8 Å². The van der Waals surface area contributed by atoms with Crippen molar-refractivity contribution in [2.45, 2.75) is 17.6 Å². The van der Waals surface area contributed by atoms with Crippen molar-refractivity contribution in [3.63, 3.8) is 0 Å². The van der Waals surface area contributed by atoms with E-state index in [0.717, 1.165) is 5.56 Å². The van der Waals surface area contributed by atoms with Crippen LogP contribution in [0.5, 0.6) is 11.5 Å². The molecule has 28 heavy (non-hydrogen) atoms. The summed E-state index contributed by atoms with van der Waals surface area (Å²) in [5.74, 6) is 0.112. The van der Waals surface area contributed by atoms with Gasteiger partial charge in [0.15, 0.2) is 9.84 Å². The van der Waals surface area contributed by atoms with Gasteiger partial charge < -0.3 is 9.47 Å². The van der Waals surface area contributed by atoms with E-state index in [1.807, 2.05) is 25.1 Å². The third-order valence-corrected chi connectivity index (χ3v) is 5.87. The Hall–Kier alpha value is -3.12. The molecule has 0 heterocycles. The first-order valence-corrected chi connectivity index (χ1v) is 10.3. The van der Waals surface area contributed by atoms with Crippen molar-refractivity contribution in [3.8, 4) is 11.5 Å². The zero-order chi connectivity index (χ0) is 20.1. The number of esters is 1. The molecule has 5 nitrogen and oxygen atoms in total. The van der Waals surface area contributed by atoms with Crippen molar-refractivity contribution in [3.05, 3.63) is 89.5 Å². The zero-order valence-corrected chi connectivity index (χ0v) is 16.4. The Morgan fingerprint density at radius 3 is 2.21 bits per heavy atom.